The van der Waals surface area contributed by atoms with Crippen molar-refractivity contribution in [3.8, 4) is 5.75 Å². The highest BCUT2D eigenvalue weighted by molar-refractivity contribution is 5.85. The van der Waals surface area contributed by atoms with E-state index in [2.05, 4.69) is 5.32 Å². The maximum Gasteiger partial charge on any atom is 0.222 e. The van der Waals surface area contributed by atoms with Gasteiger partial charge in [-0.3, -0.25) is 4.79 Å². The molecule has 2 aromatic carbocycles. The third-order valence-electron chi connectivity index (χ3n) is 3.85. The number of para-hydroxylation sites is 1. The maximum absolute atomic E-state index is 12.1. The van der Waals surface area contributed by atoms with Crippen LogP contribution in [0.1, 0.15) is 36.1 Å². The molecule has 0 saturated heterocycles. The summed E-state index contributed by atoms with van der Waals surface area (Å²) in [6.45, 7) is 6.24. The Labute approximate surface area is 156 Å². The predicted octanol–water partition coefficient (Wildman–Crippen LogP) is 3.70. The molecule has 5 heteroatoms. The van der Waals surface area contributed by atoms with Crippen LogP contribution in [0.3, 0.4) is 0 Å². The van der Waals surface area contributed by atoms with Crippen LogP contribution in [0.2, 0.25) is 0 Å². The Kier molecular flexibility index (Phi) is 8.46. The zero-order valence-corrected chi connectivity index (χ0v) is 15.8. The zero-order valence-electron chi connectivity index (χ0n) is 15.0. The molecule has 2 aromatic rings. The van der Waals surface area contributed by atoms with E-state index in [-0.39, 0.29) is 30.4 Å². The maximum atomic E-state index is 12.1. The largest absolute Gasteiger partial charge is 0.491 e. The quantitative estimate of drug-likeness (QED) is 0.789. The number of amides is 1. The highest BCUT2D eigenvalue weighted by atomic mass is 35.5. The lowest BCUT2D eigenvalue weighted by Gasteiger charge is -2.22. The van der Waals surface area contributed by atoms with Crippen LogP contribution in [0.25, 0.3) is 0 Å². The number of nitrogens with two attached hydrogens (primary N) is 1. The van der Waals surface area contributed by atoms with Crippen molar-refractivity contribution in [2.45, 2.75) is 39.3 Å². The van der Waals surface area contributed by atoms with Gasteiger partial charge in [0, 0.05) is 12.5 Å². The second-order valence-electron chi connectivity index (χ2n) is 6.24. The Balaban J connectivity index is 0.00000312. The summed E-state index contributed by atoms with van der Waals surface area (Å²) in [5, 5.41) is 3.03. The number of benzene rings is 2. The van der Waals surface area contributed by atoms with Crippen LogP contribution < -0.4 is 15.8 Å². The summed E-state index contributed by atoms with van der Waals surface area (Å²) in [5.74, 6) is 0.809. The van der Waals surface area contributed by atoms with Crippen molar-refractivity contribution in [2.24, 2.45) is 5.73 Å². The van der Waals surface area contributed by atoms with Crippen LogP contribution in [-0.2, 0) is 4.79 Å². The average Bonchev–Trinajstić information content (AvgIpc) is 2.53. The van der Waals surface area contributed by atoms with Crippen molar-refractivity contribution in [1.82, 2.24) is 5.32 Å². The molecule has 2 rings (SSSR count). The van der Waals surface area contributed by atoms with Crippen molar-refractivity contribution < 1.29 is 9.53 Å². The van der Waals surface area contributed by atoms with E-state index in [1.807, 2.05) is 69.3 Å². The lowest BCUT2D eigenvalue weighted by atomic mass is 10.1. The second kappa shape index (κ2) is 10.1. The van der Waals surface area contributed by atoms with Crippen molar-refractivity contribution in [3.63, 3.8) is 0 Å². The van der Waals surface area contributed by atoms with Crippen LogP contribution >= 0.6 is 12.4 Å². The number of ether oxygens (including phenoxy) is 1. The van der Waals surface area contributed by atoms with Crippen LogP contribution in [0.4, 0.5) is 0 Å². The lowest BCUT2D eigenvalue weighted by Crippen LogP contribution is -2.35. The summed E-state index contributed by atoms with van der Waals surface area (Å²) in [6, 6.07) is 15.5. The van der Waals surface area contributed by atoms with Gasteiger partial charge in [0.2, 0.25) is 5.91 Å². The minimum atomic E-state index is -0.212. The fourth-order valence-electron chi connectivity index (χ4n) is 2.65. The van der Waals surface area contributed by atoms with Gasteiger partial charge in [0.15, 0.2) is 0 Å². The number of halogens is 1. The van der Waals surface area contributed by atoms with Crippen LogP contribution in [0.5, 0.6) is 5.75 Å². The Morgan fingerprint density at radius 1 is 1.08 bits per heavy atom. The highest BCUT2D eigenvalue weighted by Gasteiger charge is 2.17. The second-order valence-corrected chi connectivity index (χ2v) is 6.24. The number of carbonyl (C=O) groups is 1. The highest BCUT2D eigenvalue weighted by Crippen LogP contribution is 2.24. The predicted molar refractivity (Wildman–Crippen MR) is 104 cm³/mol. The molecule has 1 amide bonds. The Bertz CT molecular complexity index is 654. The molecule has 0 aromatic heterocycles. The van der Waals surface area contributed by atoms with Gasteiger partial charge in [0.05, 0.1) is 6.04 Å². The first kappa shape index (κ1) is 21.0. The number of carbonyl (C=O) groups excluding carboxylic acids is 1. The summed E-state index contributed by atoms with van der Waals surface area (Å²) >= 11 is 0. The number of hydrogen-bond donors (Lipinski definition) is 2. The summed E-state index contributed by atoms with van der Waals surface area (Å²) in [7, 11) is 0. The lowest BCUT2D eigenvalue weighted by molar-refractivity contribution is -0.122. The molecule has 0 spiro atoms. The molecule has 0 bridgehead atoms. The third-order valence-corrected chi connectivity index (χ3v) is 3.85. The van der Waals surface area contributed by atoms with E-state index < -0.39 is 0 Å². The van der Waals surface area contributed by atoms with Crippen LogP contribution in [0.15, 0.2) is 48.5 Å². The Hall–Kier alpha value is -2.04. The smallest absolute Gasteiger partial charge is 0.222 e. The molecule has 2 atom stereocenters. The van der Waals surface area contributed by atoms with Crippen molar-refractivity contribution >= 4 is 18.3 Å². The molecule has 3 N–H and O–H groups in total. The first-order chi connectivity index (χ1) is 11.5. The van der Waals surface area contributed by atoms with E-state index in [9.17, 15) is 4.79 Å². The van der Waals surface area contributed by atoms with E-state index in [1.165, 1.54) is 0 Å². The van der Waals surface area contributed by atoms with Gasteiger partial charge in [-0.1, -0.05) is 48.5 Å². The van der Waals surface area contributed by atoms with Gasteiger partial charge in [-0.25, -0.2) is 0 Å². The SMILES string of the molecule is Cc1cccc(C)c1OCC(NC(=O)CC(C)N)c1ccccc1.Cl. The molecule has 136 valence electrons. The molecule has 2 unspecified atom stereocenters. The van der Waals surface area contributed by atoms with Gasteiger partial charge in [-0.05, 0) is 37.5 Å². The van der Waals surface area contributed by atoms with E-state index in [0.717, 1.165) is 22.4 Å². The molecule has 0 radical (unpaired) electrons. The van der Waals surface area contributed by atoms with Crippen LogP contribution in [-0.4, -0.2) is 18.6 Å². The van der Waals surface area contributed by atoms with Crippen molar-refractivity contribution in [2.75, 3.05) is 6.61 Å². The minimum Gasteiger partial charge on any atom is -0.491 e. The van der Waals surface area contributed by atoms with Gasteiger partial charge >= 0.3 is 0 Å². The normalized spacial score (nSPS) is 12.6. The summed E-state index contributed by atoms with van der Waals surface area (Å²) in [4.78, 5) is 12.1. The van der Waals surface area contributed by atoms with E-state index >= 15 is 0 Å². The molecular formula is C20H27ClN2O2. The minimum absolute atomic E-state index is 0. The average molecular weight is 363 g/mol. The fourth-order valence-corrected chi connectivity index (χ4v) is 2.65. The number of aryl methyl sites for hydroxylation is 2. The first-order valence-corrected chi connectivity index (χ1v) is 8.26. The number of nitrogens with one attached hydrogen (secondary N) is 1. The summed E-state index contributed by atoms with van der Waals surface area (Å²) < 4.78 is 6.04. The van der Waals surface area contributed by atoms with Gasteiger partial charge in [-0.15, -0.1) is 12.4 Å². The van der Waals surface area contributed by atoms with Gasteiger partial charge in [-0.2, -0.15) is 0 Å². The molecular weight excluding hydrogens is 336 g/mol. The molecule has 0 fully saturated rings. The van der Waals surface area contributed by atoms with Crippen molar-refractivity contribution in [3.05, 3.63) is 65.2 Å². The van der Waals surface area contributed by atoms with Crippen molar-refractivity contribution in [1.29, 1.82) is 0 Å². The molecule has 0 heterocycles. The van der Waals surface area contributed by atoms with Gasteiger partial charge < -0.3 is 15.8 Å². The van der Waals surface area contributed by atoms with E-state index in [1.54, 1.807) is 0 Å². The monoisotopic (exact) mass is 362 g/mol. The Morgan fingerprint density at radius 3 is 2.24 bits per heavy atom. The fraction of sp³-hybridized carbons (Fsp3) is 0.350. The van der Waals surface area contributed by atoms with Crippen LogP contribution in [0, 0.1) is 13.8 Å². The summed E-state index contributed by atoms with van der Waals surface area (Å²) in [6.07, 6.45) is 0.298. The molecule has 0 saturated carbocycles. The van der Waals surface area contributed by atoms with E-state index in [4.69, 9.17) is 10.5 Å². The molecule has 0 aliphatic rings. The summed E-state index contributed by atoms with van der Waals surface area (Å²) in [5.41, 5.74) is 8.91. The topological polar surface area (TPSA) is 64.3 Å². The molecule has 0 aliphatic heterocycles. The Morgan fingerprint density at radius 2 is 1.68 bits per heavy atom. The third kappa shape index (κ3) is 6.40. The number of hydrogen-bond acceptors (Lipinski definition) is 3. The molecule has 4 nitrogen and oxygen atoms in total. The molecule has 25 heavy (non-hydrogen) atoms. The first-order valence-electron chi connectivity index (χ1n) is 8.26. The standard InChI is InChI=1S/C20H26N2O2.ClH/c1-14-8-7-9-15(2)20(14)24-13-18(17-10-5-4-6-11-17)22-19(23)12-16(3)21;/h4-11,16,18H,12-13,21H2,1-3H3,(H,22,23);1H. The number of rotatable bonds is 7. The van der Waals surface area contributed by atoms with Gasteiger partial charge in [0.1, 0.15) is 12.4 Å². The molecule has 0 aliphatic carbocycles. The van der Waals surface area contributed by atoms with E-state index in [0.29, 0.717) is 13.0 Å². The van der Waals surface area contributed by atoms with Gasteiger partial charge in [0.25, 0.3) is 0 Å². The zero-order chi connectivity index (χ0) is 17.5.